The number of rotatable bonds is 6. The number of nitrogens with zero attached hydrogens (tertiary/aromatic N) is 6. The molecule has 2 saturated heterocycles. The second-order valence-electron chi connectivity index (χ2n) is 7.49. The molecule has 0 bridgehead atoms. The number of hydrogen-bond donors (Lipinski definition) is 1. The molecule has 1 aromatic rings. The van der Waals surface area contributed by atoms with Crippen molar-refractivity contribution in [3.63, 3.8) is 0 Å². The molecule has 0 amide bonds. The molecule has 0 aromatic carbocycles. The summed E-state index contributed by atoms with van der Waals surface area (Å²) in [6, 6.07) is 0. The fourth-order valence-corrected chi connectivity index (χ4v) is 3.85. The van der Waals surface area contributed by atoms with Gasteiger partial charge in [-0.1, -0.05) is 12.5 Å². The van der Waals surface area contributed by atoms with Crippen LogP contribution in [-0.2, 0) is 13.6 Å². The summed E-state index contributed by atoms with van der Waals surface area (Å²) in [5.41, 5.74) is 0. The predicted molar refractivity (Wildman–Crippen MR) is 105 cm³/mol. The Kier molecular flexibility index (Phi) is 6.66. The van der Waals surface area contributed by atoms with Gasteiger partial charge in [0, 0.05) is 33.2 Å². The first-order chi connectivity index (χ1) is 12.7. The average molecular weight is 360 g/mol. The number of guanidine groups is 1. The fraction of sp³-hybridized carbons (Fsp3) is 0.737. The van der Waals surface area contributed by atoms with Gasteiger partial charge < -0.3 is 19.7 Å². The molecule has 1 N–H and O–H groups in total. The van der Waals surface area contributed by atoms with Crippen LogP contribution in [-0.4, -0.2) is 69.8 Å². The number of aromatic nitrogens is 3. The van der Waals surface area contributed by atoms with E-state index in [4.69, 9.17) is 4.99 Å². The maximum atomic E-state index is 4.82. The van der Waals surface area contributed by atoms with Crippen molar-refractivity contribution >= 4 is 5.96 Å². The summed E-state index contributed by atoms with van der Waals surface area (Å²) in [6.07, 6.45) is 7.25. The third-order valence-electron chi connectivity index (χ3n) is 5.51. The zero-order chi connectivity index (χ0) is 18.4. The molecule has 1 atom stereocenters. The van der Waals surface area contributed by atoms with Crippen LogP contribution in [0.5, 0.6) is 0 Å². The Balaban J connectivity index is 1.59. The van der Waals surface area contributed by atoms with Crippen LogP contribution in [0.4, 0.5) is 0 Å². The van der Waals surface area contributed by atoms with Crippen molar-refractivity contribution in [2.24, 2.45) is 18.0 Å². The quantitative estimate of drug-likeness (QED) is 0.474. The Bertz CT molecular complexity index is 615. The fourth-order valence-electron chi connectivity index (χ4n) is 3.85. The van der Waals surface area contributed by atoms with Crippen LogP contribution < -0.4 is 5.32 Å². The van der Waals surface area contributed by atoms with E-state index in [9.17, 15) is 0 Å². The van der Waals surface area contributed by atoms with Crippen molar-refractivity contribution in [1.29, 1.82) is 0 Å². The smallest absolute Gasteiger partial charge is 0.194 e. The summed E-state index contributed by atoms with van der Waals surface area (Å²) in [5.74, 6) is 3.51. The van der Waals surface area contributed by atoms with Crippen LogP contribution in [0.3, 0.4) is 0 Å². The molecule has 0 spiro atoms. The van der Waals surface area contributed by atoms with Crippen molar-refractivity contribution in [2.75, 3.05) is 39.3 Å². The third-order valence-corrected chi connectivity index (χ3v) is 5.51. The molecule has 3 rings (SSSR count). The summed E-state index contributed by atoms with van der Waals surface area (Å²) in [7, 11) is 1.99. The highest BCUT2D eigenvalue weighted by Gasteiger charge is 2.27. The van der Waals surface area contributed by atoms with Gasteiger partial charge in [0.1, 0.15) is 12.4 Å². The van der Waals surface area contributed by atoms with Crippen molar-refractivity contribution in [2.45, 2.75) is 39.2 Å². The molecule has 1 aromatic heterocycles. The molecule has 2 aliphatic rings. The SMILES string of the molecule is C=CCNC(=NCc1nnc(C)n1C)N1CCC(CN2CCCCC2)C1. The molecule has 2 aliphatic heterocycles. The monoisotopic (exact) mass is 359 g/mol. The van der Waals surface area contributed by atoms with Crippen LogP contribution in [0.15, 0.2) is 17.6 Å². The largest absolute Gasteiger partial charge is 0.353 e. The summed E-state index contributed by atoms with van der Waals surface area (Å²) in [5, 5.41) is 11.8. The molecule has 0 radical (unpaired) electrons. The van der Waals surface area contributed by atoms with E-state index in [1.165, 1.54) is 45.3 Å². The first kappa shape index (κ1) is 18.9. The molecule has 0 aliphatic carbocycles. The summed E-state index contributed by atoms with van der Waals surface area (Å²) < 4.78 is 2.00. The van der Waals surface area contributed by atoms with E-state index in [1.807, 2.05) is 24.6 Å². The van der Waals surface area contributed by atoms with Crippen LogP contribution in [0.1, 0.15) is 37.3 Å². The summed E-state index contributed by atoms with van der Waals surface area (Å²) in [4.78, 5) is 9.85. The third kappa shape index (κ3) is 4.84. The van der Waals surface area contributed by atoms with Crippen LogP contribution in [0.2, 0.25) is 0 Å². The molecule has 7 nitrogen and oxygen atoms in total. The molecule has 26 heavy (non-hydrogen) atoms. The highest BCUT2D eigenvalue weighted by Crippen LogP contribution is 2.20. The molecule has 1 unspecified atom stereocenters. The van der Waals surface area contributed by atoms with Gasteiger partial charge in [-0.2, -0.15) is 0 Å². The number of aliphatic imine (C=N–C) groups is 1. The minimum atomic E-state index is 0.546. The van der Waals surface area contributed by atoms with Gasteiger partial charge in [-0.05, 0) is 45.2 Å². The second kappa shape index (κ2) is 9.16. The van der Waals surface area contributed by atoms with E-state index >= 15 is 0 Å². The Labute approximate surface area is 157 Å². The molecule has 3 heterocycles. The van der Waals surface area contributed by atoms with Crippen molar-refractivity contribution < 1.29 is 0 Å². The van der Waals surface area contributed by atoms with Gasteiger partial charge in [0.25, 0.3) is 0 Å². The molecule has 0 saturated carbocycles. The van der Waals surface area contributed by atoms with E-state index in [-0.39, 0.29) is 0 Å². The Morgan fingerprint density at radius 2 is 2.08 bits per heavy atom. The van der Waals surface area contributed by atoms with Gasteiger partial charge in [0.05, 0.1) is 0 Å². The van der Waals surface area contributed by atoms with Gasteiger partial charge >= 0.3 is 0 Å². The molecular formula is C19H33N7. The summed E-state index contributed by atoms with van der Waals surface area (Å²) >= 11 is 0. The van der Waals surface area contributed by atoms with E-state index in [1.54, 1.807) is 0 Å². The number of piperidine rings is 1. The lowest BCUT2D eigenvalue weighted by Crippen LogP contribution is -2.41. The molecule has 144 valence electrons. The maximum Gasteiger partial charge on any atom is 0.194 e. The van der Waals surface area contributed by atoms with E-state index in [2.05, 4.69) is 31.9 Å². The van der Waals surface area contributed by atoms with E-state index < -0.39 is 0 Å². The lowest BCUT2D eigenvalue weighted by molar-refractivity contribution is 0.198. The minimum absolute atomic E-state index is 0.546. The van der Waals surface area contributed by atoms with Gasteiger partial charge in [0.15, 0.2) is 11.8 Å². The standard InChI is InChI=1S/C19H33N7/c1-4-9-20-19(21-13-18-23-22-16(2)24(18)3)26-12-8-17(15-26)14-25-10-6-5-7-11-25/h4,17H,1,5-15H2,2-3H3,(H,20,21). The number of likely N-dealkylation sites (tertiary alicyclic amines) is 2. The number of aryl methyl sites for hydroxylation is 1. The Morgan fingerprint density at radius 1 is 1.27 bits per heavy atom. The minimum Gasteiger partial charge on any atom is -0.353 e. The Hall–Kier alpha value is -1.89. The number of hydrogen-bond acceptors (Lipinski definition) is 4. The molecule has 2 fully saturated rings. The van der Waals surface area contributed by atoms with Gasteiger partial charge in [-0.25, -0.2) is 4.99 Å². The van der Waals surface area contributed by atoms with Crippen LogP contribution >= 0.6 is 0 Å². The highest BCUT2D eigenvalue weighted by molar-refractivity contribution is 5.80. The van der Waals surface area contributed by atoms with Gasteiger partial charge in [-0.15, -0.1) is 16.8 Å². The molecular weight excluding hydrogens is 326 g/mol. The highest BCUT2D eigenvalue weighted by atomic mass is 15.3. The average Bonchev–Trinajstić information content (AvgIpc) is 3.24. The zero-order valence-electron chi connectivity index (χ0n) is 16.3. The second-order valence-corrected chi connectivity index (χ2v) is 7.49. The first-order valence-corrected chi connectivity index (χ1v) is 9.88. The molecule has 7 heteroatoms. The first-order valence-electron chi connectivity index (χ1n) is 9.88. The van der Waals surface area contributed by atoms with E-state index in [0.29, 0.717) is 6.54 Å². The van der Waals surface area contributed by atoms with Crippen molar-refractivity contribution in [3.05, 3.63) is 24.3 Å². The Morgan fingerprint density at radius 3 is 2.77 bits per heavy atom. The lowest BCUT2D eigenvalue weighted by atomic mass is 10.1. The van der Waals surface area contributed by atoms with Gasteiger partial charge in [0.2, 0.25) is 0 Å². The van der Waals surface area contributed by atoms with Crippen LogP contribution in [0, 0.1) is 12.8 Å². The predicted octanol–water partition coefficient (Wildman–Crippen LogP) is 1.56. The van der Waals surface area contributed by atoms with Crippen molar-refractivity contribution in [1.82, 2.24) is 29.9 Å². The topological polar surface area (TPSA) is 61.6 Å². The van der Waals surface area contributed by atoms with E-state index in [0.717, 1.165) is 43.2 Å². The van der Waals surface area contributed by atoms with Crippen LogP contribution in [0.25, 0.3) is 0 Å². The van der Waals surface area contributed by atoms with Crippen molar-refractivity contribution in [3.8, 4) is 0 Å². The normalized spacial score (nSPS) is 22.0. The maximum absolute atomic E-state index is 4.82. The van der Waals surface area contributed by atoms with Gasteiger partial charge in [-0.3, -0.25) is 0 Å². The number of nitrogens with one attached hydrogen (secondary N) is 1. The zero-order valence-corrected chi connectivity index (χ0v) is 16.3. The summed E-state index contributed by atoms with van der Waals surface area (Å²) in [6.45, 7) is 13.0. The lowest BCUT2D eigenvalue weighted by Gasteiger charge is -2.29.